The summed E-state index contributed by atoms with van der Waals surface area (Å²) in [7, 11) is 0. The molecule has 0 bridgehead atoms. The molecular formula is C34H52O. The zero-order valence-corrected chi connectivity index (χ0v) is 22.7. The van der Waals surface area contributed by atoms with Gasteiger partial charge in [-0.1, -0.05) is 164 Å². The molecule has 0 saturated carbocycles. The molecule has 0 amide bonds. The zero-order valence-electron chi connectivity index (χ0n) is 22.7. The van der Waals surface area contributed by atoms with Crippen LogP contribution < -0.4 is 0 Å². The van der Waals surface area contributed by atoms with Crippen molar-refractivity contribution in [2.45, 2.75) is 135 Å². The monoisotopic (exact) mass is 476 g/mol. The second-order valence-corrected chi connectivity index (χ2v) is 10.6. The molecule has 0 unspecified atom stereocenters. The first-order valence-electron chi connectivity index (χ1n) is 14.9. The molecule has 0 atom stereocenters. The maximum atomic E-state index is 12.6. The van der Waals surface area contributed by atoms with Crippen LogP contribution in [-0.4, -0.2) is 5.78 Å². The van der Waals surface area contributed by atoms with Crippen LogP contribution in [0.4, 0.5) is 0 Å². The predicted molar refractivity (Wildman–Crippen MR) is 153 cm³/mol. The van der Waals surface area contributed by atoms with Crippen LogP contribution in [0.5, 0.6) is 0 Å². The van der Waals surface area contributed by atoms with Crippen LogP contribution in [0.2, 0.25) is 0 Å². The van der Waals surface area contributed by atoms with Crippen molar-refractivity contribution >= 4 is 5.78 Å². The van der Waals surface area contributed by atoms with Gasteiger partial charge < -0.3 is 0 Å². The predicted octanol–water partition coefficient (Wildman–Crippen LogP) is 10.4. The topological polar surface area (TPSA) is 17.1 Å². The standard InChI is InChI=1S/C34H52O/c1-2-3-4-5-6-7-8-9-10-11-12-13-14-15-16-17-21-28-34(35)30-33-27-23-22-26-32(33)29-31-24-19-18-20-25-31/h18-20,22-27H,2-17,21,28-30H2,1H3. The molecular weight excluding hydrogens is 424 g/mol. The Bertz CT molecular complexity index is 763. The van der Waals surface area contributed by atoms with Gasteiger partial charge in [0.1, 0.15) is 5.78 Å². The van der Waals surface area contributed by atoms with E-state index in [1.165, 1.54) is 119 Å². The minimum atomic E-state index is 0.395. The van der Waals surface area contributed by atoms with Gasteiger partial charge in [0.05, 0.1) is 0 Å². The second-order valence-electron chi connectivity index (χ2n) is 10.6. The molecule has 194 valence electrons. The molecule has 0 aliphatic carbocycles. The van der Waals surface area contributed by atoms with Crippen molar-refractivity contribution in [3.05, 3.63) is 71.3 Å². The maximum absolute atomic E-state index is 12.6. The Labute approximate surface area is 217 Å². The van der Waals surface area contributed by atoms with E-state index in [1.54, 1.807) is 0 Å². The Balaban J connectivity index is 1.42. The molecule has 2 aromatic rings. The molecule has 0 aliphatic rings. The third kappa shape index (κ3) is 15.0. The molecule has 2 rings (SSSR count). The Kier molecular flexibility index (Phi) is 17.0. The number of Topliss-reactive ketones (excluding diaryl/α,β-unsaturated/α-hetero) is 1. The van der Waals surface area contributed by atoms with Crippen LogP contribution >= 0.6 is 0 Å². The molecule has 0 aromatic heterocycles. The van der Waals surface area contributed by atoms with Crippen LogP contribution in [0.25, 0.3) is 0 Å². The van der Waals surface area contributed by atoms with Gasteiger partial charge in [0.2, 0.25) is 0 Å². The number of rotatable bonds is 22. The number of hydrogen-bond acceptors (Lipinski definition) is 1. The zero-order chi connectivity index (χ0) is 24.8. The Hall–Kier alpha value is -1.89. The van der Waals surface area contributed by atoms with Gasteiger partial charge in [-0.25, -0.2) is 0 Å². The van der Waals surface area contributed by atoms with Crippen LogP contribution in [0.15, 0.2) is 54.6 Å². The van der Waals surface area contributed by atoms with E-state index >= 15 is 0 Å². The Morgan fingerprint density at radius 2 is 0.943 bits per heavy atom. The van der Waals surface area contributed by atoms with E-state index in [0.29, 0.717) is 12.2 Å². The van der Waals surface area contributed by atoms with E-state index in [-0.39, 0.29) is 0 Å². The van der Waals surface area contributed by atoms with Crippen LogP contribution in [0, 0.1) is 0 Å². The fraction of sp³-hybridized carbons (Fsp3) is 0.618. The van der Waals surface area contributed by atoms with Crippen molar-refractivity contribution in [2.75, 3.05) is 0 Å². The molecule has 0 aliphatic heterocycles. The Morgan fingerprint density at radius 1 is 0.514 bits per heavy atom. The van der Waals surface area contributed by atoms with Crippen LogP contribution in [0.3, 0.4) is 0 Å². The number of hydrogen-bond donors (Lipinski definition) is 0. The summed E-state index contributed by atoms with van der Waals surface area (Å²) >= 11 is 0. The Morgan fingerprint density at radius 3 is 1.46 bits per heavy atom. The lowest BCUT2D eigenvalue weighted by molar-refractivity contribution is -0.118. The lowest BCUT2D eigenvalue weighted by Crippen LogP contribution is -2.05. The number of carbonyl (C=O) groups excluding carboxylic acids is 1. The van der Waals surface area contributed by atoms with E-state index in [0.717, 1.165) is 19.3 Å². The van der Waals surface area contributed by atoms with Gasteiger partial charge in [-0.15, -0.1) is 0 Å². The number of benzene rings is 2. The third-order valence-electron chi connectivity index (χ3n) is 7.30. The normalized spacial score (nSPS) is 11.1. The summed E-state index contributed by atoms with van der Waals surface area (Å²) in [5.74, 6) is 0.395. The minimum absolute atomic E-state index is 0.395. The maximum Gasteiger partial charge on any atom is 0.137 e. The summed E-state index contributed by atoms with van der Waals surface area (Å²) in [4.78, 5) is 12.6. The van der Waals surface area contributed by atoms with Gasteiger partial charge >= 0.3 is 0 Å². The molecule has 1 heteroatoms. The summed E-state index contributed by atoms with van der Waals surface area (Å²) in [5, 5.41) is 0. The van der Waals surface area contributed by atoms with Gasteiger partial charge in [-0.2, -0.15) is 0 Å². The second kappa shape index (κ2) is 20.3. The summed E-state index contributed by atoms with van der Waals surface area (Å²) < 4.78 is 0. The number of unbranched alkanes of at least 4 members (excludes halogenated alkanes) is 16. The van der Waals surface area contributed by atoms with Crippen LogP contribution in [-0.2, 0) is 17.6 Å². The molecule has 0 fully saturated rings. The van der Waals surface area contributed by atoms with Gasteiger partial charge in [0.15, 0.2) is 0 Å². The summed E-state index contributed by atoms with van der Waals surface area (Å²) in [6, 6.07) is 19.0. The van der Waals surface area contributed by atoms with Crippen molar-refractivity contribution < 1.29 is 4.79 Å². The molecule has 1 nitrogen and oxygen atoms in total. The smallest absolute Gasteiger partial charge is 0.137 e. The first-order chi connectivity index (χ1) is 17.3. The van der Waals surface area contributed by atoms with Gasteiger partial charge in [-0.3, -0.25) is 4.79 Å². The van der Waals surface area contributed by atoms with Crippen LogP contribution in [0.1, 0.15) is 139 Å². The fourth-order valence-corrected chi connectivity index (χ4v) is 5.07. The molecule has 0 saturated heterocycles. The summed E-state index contributed by atoms with van der Waals surface area (Å²) in [5.41, 5.74) is 3.79. The molecule has 0 N–H and O–H groups in total. The average molecular weight is 477 g/mol. The van der Waals surface area contributed by atoms with Crippen molar-refractivity contribution in [2.24, 2.45) is 0 Å². The highest BCUT2D eigenvalue weighted by molar-refractivity contribution is 5.81. The van der Waals surface area contributed by atoms with E-state index in [9.17, 15) is 4.79 Å². The van der Waals surface area contributed by atoms with E-state index in [2.05, 4.69) is 61.5 Å². The van der Waals surface area contributed by atoms with Crippen molar-refractivity contribution in [1.29, 1.82) is 0 Å². The molecule has 2 aromatic carbocycles. The van der Waals surface area contributed by atoms with E-state index < -0.39 is 0 Å². The first kappa shape index (κ1) is 29.3. The van der Waals surface area contributed by atoms with Gasteiger partial charge in [0.25, 0.3) is 0 Å². The summed E-state index contributed by atoms with van der Waals surface area (Å²) in [6.07, 6.45) is 25.6. The van der Waals surface area contributed by atoms with E-state index in [1.807, 2.05) is 0 Å². The fourth-order valence-electron chi connectivity index (χ4n) is 5.07. The average Bonchev–Trinajstić information content (AvgIpc) is 2.88. The van der Waals surface area contributed by atoms with Gasteiger partial charge in [-0.05, 0) is 29.5 Å². The SMILES string of the molecule is CCCCCCCCCCCCCCCCCCCC(=O)Cc1ccccc1Cc1ccccc1. The lowest BCUT2D eigenvalue weighted by atomic mass is 9.95. The molecule has 0 radical (unpaired) electrons. The summed E-state index contributed by atoms with van der Waals surface area (Å²) in [6.45, 7) is 2.29. The number of carbonyl (C=O) groups is 1. The van der Waals surface area contributed by atoms with Gasteiger partial charge in [0, 0.05) is 12.8 Å². The highest BCUT2D eigenvalue weighted by Gasteiger charge is 2.08. The highest BCUT2D eigenvalue weighted by atomic mass is 16.1. The number of ketones is 1. The highest BCUT2D eigenvalue weighted by Crippen LogP contribution is 2.17. The third-order valence-corrected chi connectivity index (χ3v) is 7.30. The van der Waals surface area contributed by atoms with Crippen molar-refractivity contribution in [1.82, 2.24) is 0 Å². The minimum Gasteiger partial charge on any atom is -0.299 e. The molecule has 0 heterocycles. The van der Waals surface area contributed by atoms with Crippen molar-refractivity contribution in [3.63, 3.8) is 0 Å². The lowest BCUT2D eigenvalue weighted by Gasteiger charge is -2.09. The molecule has 35 heavy (non-hydrogen) atoms. The largest absolute Gasteiger partial charge is 0.299 e. The quantitative estimate of drug-likeness (QED) is 0.154. The first-order valence-corrected chi connectivity index (χ1v) is 14.9. The molecule has 0 spiro atoms. The van der Waals surface area contributed by atoms with E-state index in [4.69, 9.17) is 0 Å². The van der Waals surface area contributed by atoms with Crippen molar-refractivity contribution in [3.8, 4) is 0 Å².